The summed E-state index contributed by atoms with van der Waals surface area (Å²) in [4.78, 5) is 5.12. The molecule has 1 aliphatic rings. The Bertz CT molecular complexity index is 2750. The minimum absolute atomic E-state index is 0.0663. The van der Waals surface area contributed by atoms with E-state index in [0.717, 1.165) is 28.1 Å². The molecule has 0 unspecified atom stereocenters. The fourth-order valence-corrected chi connectivity index (χ4v) is 9.51. The van der Waals surface area contributed by atoms with E-state index < -0.39 is 0 Å². The van der Waals surface area contributed by atoms with Crippen LogP contribution in [-0.2, 0) is 5.41 Å². The third-order valence-electron chi connectivity index (χ3n) is 10.9. The van der Waals surface area contributed by atoms with Crippen LogP contribution >= 0.6 is 11.3 Å². The number of hydrogen-bond acceptors (Lipinski definition) is 2. The fraction of sp³-hybridized carbons (Fsp3) is 0.0600. The molecular weight excluding hydrogens is 647 g/mol. The summed E-state index contributed by atoms with van der Waals surface area (Å²) >= 11 is 1.93. The molecule has 9 aromatic rings. The molecule has 0 atom stereocenters. The molecule has 0 saturated carbocycles. The van der Waals surface area contributed by atoms with Crippen molar-refractivity contribution in [2.75, 3.05) is 0 Å². The van der Waals surface area contributed by atoms with Crippen molar-refractivity contribution in [3.8, 4) is 67.0 Å². The number of hydrogen-bond donors (Lipinski definition) is 0. The first kappa shape index (κ1) is 30.7. The van der Waals surface area contributed by atoms with Gasteiger partial charge in [0.1, 0.15) is 0 Å². The highest BCUT2D eigenvalue weighted by Crippen LogP contribution is 2.54. The summed E-state index contributed by atoms with van der Waals surface area (Å²) in [5.74, 6) is 0. The van der Waals surface area contributed by atoms with Gasteiger partial charge in [0.05, 0.1) is 11.4 Å². The van der Waals surface area contributed by atoms with E-state index in [-0.39, 0.29) is 5.41 Å². The number of aromatic nitrogens is 1. The van der Waals surface area contributed by atoms with Gasteiger partial charge in [0.2, 0.25) is 0 Å². The number of rotatable bonds is 5. The summed E-state index contributed by atoms with van der Waals surface area (Å²) in [7, 11) is 0. The van der Waals surface area contributed by atoms with Gasteiger partial charge >= 0.3 is 0 Å². The number of nitrogens with zero attached hydrogens (tertiary/aromatic N) is 1. The fourth-order valence-electron chi connectivity index (χ4n) is 8.25. The number of fused-ring (bicyclic) bond motifs is 7. The molecule has 246 valence electrons. The maximum Gasteiger partial charge on any atom is 0.0715 e. The van der Waals surface area contributed by atoms with Gasteiger partial charge in [0.25, 0.3) is 0 Å². The van der Waals surface area contributed by atoms with E-state index in [4.69, 9.17) is 4.98 Å². The lowest BCUT2D eigenvalue weighted by Gasteiger charge is -2.21. The van der Waals surface area contributed by atoms with Crippen molar-refractivity contribution in [1.82, 2.24) is 4.98 Å². The van der Waals surface area contributed by atoms with E-state index in [1.165, 1.54) is 70.2 Å². The molecule has 0 radical (unpaired) electrons. The predicted octanol–water partition coefficient (Wildman–Crippen LogP) is 14.1. The molecule has 2 heterocycles. The molecule has 0 bridgehead atoms. The first-order valence-electron chi connectivity index (χ1n) is 18.0. The summed E-state index contributed by atoms with van der Waals surface area (Å²) in [5.41, 5.74) is 16.9. The van der Waals surface area contributed by atoms with E-state index in [1.807, 2.05) is 11.3 Å². The Morgan fingerprint density at radius 2 is 0.981 bits per heavy atom. The third-order valence-corrected chi connectivity index (χ3v) is 12.1. The number of pyridine rings is 1. The summed E-state index contributed by atoms with van der Waals surface area (Å²) < 4.78 is 2.74. The molecule has 0 spiro atoms. The first-order valence-corrected chi connectivity index (χ1v) is 18.8. The maximum atomic E-state index is 5.12. The van der Waals surface area contributed by atoms with Gasteiger partial charge in [-0.15, -0.1) is 11.3 Å². The topological polar surface area (TPSA) is 12.9 Å². The van der Waals surface area contributed by atoms with Crippen molar-refractivity contribution >= 4 is 31.5 Å². The molecule has 0 N–H and O–H groups in total. The molecule has 7 aromatic carbocycles. The van der Waals surface area contributed by atoms with Crippen LogP contribution in [0.5, 0.6) is 0 Å². The molecule has 52 heavy (non-hydrogen) atoms. The van der Waals surface area contributed by atoms with Crippen molar-refractivity contribution in [3.63, 3.8) is 0 Å². The van der Waals surface area contributed by atoms with Gasteiger partial charge in [-0.2, -0.15) is 0 Å². The van der Waals surface area contributed by atoms with Gasteiger partial charge in [-0.3, -0.25) is 0 Å². The monoisotopic (exact) mass is 681 g/mol. The zero-order valence-electron chi connectivity index (χ0n) is 29.1. The molecule has 2 heteroatoms. The maximum absolute atomic E-state index is 5.12. The molecule has 0 saturated heterocycles. The van der Waals surface area contributed by atoms with Crippen LogP contribution in [0.15, 0.2) is 176 Å². The number of benzene rings is 7. The Morgan fingerprint density at radius 3 is 1.69 bits per heavy atom. The van der Waals surface area contributed by atoms with Crippen LogP contribution in [-0.4, -0.2) is 4.98 Å². The molecule has 0 amide bonds. The van der Waals surface area contributed by atoms with Crippen molar-refractivity contribution in [1.29, 1.82) is 0 Å². The zero-order chi connectivity index (χ0) is 34.8. The predicted molar refractivity (Wildman–Crippen MR) is 222 cm³/mol. The second-order valence-corrected chi connectivity index (χ2v) is 15.4. The highest BCUT2D eigenvalue weighted by molar-refractivity contribution is 7.26. The highest BCUT2D eigenvalue weighted by Gasteiger charge is 2.37. The summed E-state index contributed by atoms with van der Waals surface area (Å²) in [6.45, 7) is 4.75. The van der Waals surface area contributed by atoms with Crippen molar-refractivity contribution < 1.29 is 0 Å². The standard InChI is InChI=1S/C50H35NS/c1-50(2)43-26-24-36(29-42(43)48-44(50)27-25-41-40-22-11-12-23-47(40)52-49(41)48)39-21-10-9-20-38(39)35-19-13-18-34(28-35)37-30-45(32-14-5-3-6-15-32)51-46(31-37)33-16-7-4-8-17-33/h3-31H,1-2H3. The lowest BCUT2D eigenvalue weighted by atomic mass is 9.82. The molecule has 1 aliphatic carbocycles. The van der Waals surface area contributed by atoms with Crippen LogP contribution in [0.2, 0.25) is 0 Å². The quantitative estimate of drug-likeness (QED) is 0.176. The average Bonchev–Trinajstić information content (AvgIpc) is 3.70. The Morgan fingerprint density at radius 1 is 0.404 bits per heavy atom. The molecule has 1 nitrogen and oxygen atoms in total. The molecule has 0 aliphatic heterocycles. The smallest absolute Gasteiger partial charge is 0.0715 e. The Balaban J connectivity index is 1.10. The summed E-state index contributed by atoms with van der Waals surface area (Å²) in [6.07, 6.45) is 0. The van der Waals surface area contributed by atoms with E-state index >= 15 is 0 Å². The third kappa shape index (κ3) is 4.94. The van der Waals surface area contributed by atoms with E-state index in [0.29, 0.717) is 0 Å². The average molecular weight is 682 g/mol. The second-order valence-electron chi connectivity index (χ2n) is 14.3. The molecular formula is C50H35NS. The van der Waals surface area contributed by atoms with Gasteiger partial charge in [-0.25, -0.2) is 4.98 Å². The van der Waals surface area contributed by atoms with Crippen LogP contribution in [0.25, 0.3) is 87.2 Å². The van der Waals surface area contributed by atoms with Gasteiger partial charge in [-0.1, -0.05) is 159 Å². The molecule has 0 fully saturated rings. The minimum Gasteiger partial charge on any atom is -0.248 e. The van der Waals surface area contributed by atoms with Gasteiger partial charge in [-0.05, 0) is 80.4 Å². The Hall–Kier alpha value is -6.09. The van der Waals surface area contributed by atoms with Crippen LogP contribution < -0.4 is 0 Å². The van der Waals surface area contributed by atoms with Crippen LogP contribution in [0.3, 0.4) is 0 Å². The lowest BCUT2D eigenvalue weighted by molar-refractivity contribution is 0.661. The largest absolute Gasteiger partial charge is 0.248 e. The Kier molecular flexibility index (Phi) is 7.09. The van der Waals surface area contributed by atoms with Crippen LogP contribution in [0, 0.1) is 0 Å². The minimum atomic E-state index is -0.0663. The second kappa shape index (κ2) is 12.0. The van der Waals surface area contributed by atoms with Crippen LogP contribution in [0.4, 0.5) is 0 Å². The summed E-state index contributed by atoms with van der Waals surface area (Å²) in [6, 6.07) is 64.0. The highest BCUT2D eigenvalue weighted by atomic mass is 32.1. The van der Waals surface area contributed by atoms with E-state index in [1.54, 1.807) is 0 Å². The van der Waals surface area contributed by atoms with E-state index in [9.17, 15) is 0 Å². The summed E-state index contributed by atoms with van der Waals surface area (Å²) in [5, 5.41) is 2.70. The van der Waals surface area contributed by atoms with Crippen molar-refractivity contribution in [3.05, 3.63) is 187 Å². The van der Waals surface area contributed by atoms with Gasteiger partial charge in [0.15, 0.2) is 0 Å². The SMILES string of the molecule is CC1(C)c2ccc(-c3ccccc3-c3cccc(-c4cc(-c5ccccc5)nc(-c5ccccc5)c4)c3)cc2-c2c1ccc1c2sc2ccccc21. The lowest BCUT2D eigenvalue weighted by Crippen LogP contribution is -2.14. The van der Waals surface area contributed by atoms with Crippen molar-refractivity contribution in [2.45, 2.75) is 19.3 Å². The van der Waals surface area contributed by atoms with Crippen molar-refractivity contribution in [2.24, 2.45) is 0 Å². The van der Waals surface area contributed by atoms with Gasteiger partial charge < -0.3 is 0 Å². The van der Waals surface area contributed by atoms with Crippen LogP contribution in [0.1, 0.15) is 25.0 Å². The molecule has 2 aromatic heterocycles. The normalized spacial score (nSPS) is 13.0. The zero-order valence-corrected chi connectivity index (χ0v) is 29.9. The van der Waals surface area contributed by atoms with E-state index in [2.05, 4.69) is 190 Å². The Labute approximate surface area is 308 Å². The molecule has 10 rings (SSSR count). The first-order chi connectivity index (χ1) is 25.5. The number of thiophene rings is 1. The van der Waals surface area contributed by atoms with Gasteiger partial charge in [0, 0.05) is 42.3 Å².